The Bertz CT molecular complexity index is 982. The van der Waals surface area contributed by atoms with E-state index in [-0.39, 0.29) is 0 Å². The number of aryl methyl sites for hydroxylation is 1. The molecule has 0 bridgehead atoms. The normalized spacial score (nSPS) is 11.0. The van der Waals surface area contributed by atoms with Crippen LogP contribution in [0.1, 0.15) is 22.8 Å². The standard InChI is InChI=1S/C17H16N2O4/c1-3-9-14(18-16(21)13(15(9)20)17(22)23)11-5-4-6-12-10(11)7-8-19(12)2/h4-8H,3H2,1-2H3,(H,22,23)(H2,18,20,21). The lowest BCUT2D eigenvalue weighted by Crippen LogP contribution is -2.20. The number of pyridine rings is 1. The maximum Gasteiger partial charge on any atom is 0.345 e. The minimum absolute atomic E-state index is 0.390. The van der Waals surface area contributed by atoms with Crippen LogP contribution >= 0.6 is 0 Å². The monoisotopic (exact) mass is 312 g/mol. The first-order chi connectivity index (χ1) is 11.0. The summed E-state index contributed by atoms with van der Waals surface area (Å²) in [6.45, 7) is 1.80. The highest BCUT2D eigenvalue weighted by Crippen LogP contribution is 2.34. The molecule has 0 amide bonds. The van der Waals surface area contributed by atoms with Crippen molar-refractivity contribution >= 4 is 16.9 Å². The highest BCUT2D eigenvalue weighted by Gasteiger charge is 2.22. The average molecular weight is 312 g/mol. The molecule has 118 valence electrons. The first-order valence-corrected chi connectivity index (χ1v) is 7.21. The van der Waals surface area contributed by atoms with E-state index in [0.29, 0.717) is 17.7 Å². The van der Waals surface area contributed by atoms with E-state index in [1.54, 1.807) is 6.92 Å². The number of aromatic amines is 1. The largest absolute Gasteiger partial charge is 0.506 e. The quantitative estimate of drug-likeness (QED) is 0.692. The smallest absolute Gasteiger partial charge is 0.345 e. The van der Waals surface area contributed by atoms with Crippen molar-refractivity contribution in [3.63, 3.8) is 0 Å². The van der Waals surface area contributed by atoms with Gasteiger partial charge in [0.15, 0.2) is 5.56 Å². The maximum atomic E-state index is 12.1. The molecule has 0 saturated heterocycles. The minimum atomic E-state index is -1.44. The summed E-state index contributed by atoms with van der Waals surface area (Å²) in [7, 11) is 1.92. The predicted molar refractivity (Wildman–Crippen MR) is 87.0 cm³/mol. The summed E-state index contributed by atoms with van der Waals surface area (Å²) < 4.78 is 1.95. The zero-order chi connectivity index (χ0) is 16.7. The van der Waals surface area contributed by atoms with Crippen LogP contribution < -0.4 is 5.56 Å². The molecule has 0 spiro atoms. The topological polar surface area (TPSA) is 95.3 Å². The van der Waals surface area contributed by atoms with Gasteiger partial charge in [0, 0.05) is 35.3 Å². The zero-order valence-corrected chi connectivity index (χ0v) is 12.8. The predicted octanol–water partition coefficient (Wildman–Crippen LogP) is 2.50. The zero-order valence-electron chi connectivity index (χ0n) is 12.8. The van der Waals surface area contributed by atoms with Gasteiger partial charge in [-0.3, -0.25) is 4.79 Å². The minimum Gasteiger partial charge on any atom is -0.506 e. The number of benzene rings is 1. The van der Waals surface area contributed by atoms with Gasteiger partial charge in [0.05, 0.1) is 5.69 Å². The van der Waals surface area contributed by atoms with Crippen molar-refractivity contribution in [2.75, 3.05) is 0 Å². The second-order valence-corrected chi connectivity index (χ2v) is 5.36. The Morgan fingerprint density at radius 2 is 2.04 bits per heavy atom. The van der Waals surface area contributed by atoms with Crippen LogP contribution in [0.15, 0.2) is 35.3 Å². The average Bonchev–Trinajstić information content (AvgIpc) is 2.88. The molecule has 0 fully saturated rings. The molecule has 6 heteroatoms. The van der Waals surface area contributed by atoms with Gasteiger partial charge in [0.25, 0.3) is 5.56 Å². The number of rotatable bonds is 3. The lowest BCUT2D eigenvalue weighted by Gasteiger charge is -2.13. The molecular weight excluding hydrogens is 296 g/mol. The Morgan fingerprint density at radius 3 is 2.70 bits per heavy atom. The number of carboxylic acids is 1. The van der Waals surface area contributed by atoms with Gasteiger partial charge in [-0.1, -0.05) is 19.1 Å². The molecule has 0 unspecified atom stereocenters. The van der Waals surface area contributed by atoms with Gasteiger partial charge in [-0.25, -0.2) is 4.79 Å². The number of aromatic carboxylic acids is 1. The number of carbonyl (C=O) groups is 1. The van der Waals surface area contributed by atoms with E-state index < -0.39 is 22.8 Å². The van der Waals surface area contributed by atoms with Crippen molar-refractivity contribution in [3.05, 3.63) is 51.9 Å². The number of aromatic hydroxyl groups is 1. The molecule has 1 aromatic carbocycles. The van der Waals surface area contributed by atoms with E-state index in [9.17, 15) is 14.7 Å². The van der Waals surface area contributed by atoms with E-state index in [0.717, 1.165) is 16.5 Å². The van der Waals surface area contributed by atoms with Gasteiger partial charge in [-0.2, -0.15) is 0 Å². The van der Waals surface area contributed by atoms with Crippen molar-refractivity contribution in [1.82, 2.24) is 9.55 Å². The Labute approximate surface area is 131 Å². The van der Waals surface area contributed by atoms with Crippen molar-refractivity contribution < 1.29 is 15.0 Å². The number of aromatic nitrogens is 2. The number of H-pyrrole nitrogens is 1. The molecule has 0 radical (unpaired) electrons. The second-order valence-electron chi connectivity index (χ2n) is 5.36. The van der Waals surface area contributed by atoms with E-state index in [1.165, 1.54) is 0 Å². The van der Waals surface area contributed by atoms with Crippen molar-refractivity contribution in [2.24, 2.45) is 7.05 Å². The molecule has 0 aliphatic carbocycles. The van der Waals surface area contributed by atoms with Crippen LogP contribution in [0.3, 0.4) is 0 Å². The first kappa shape index (κ1) is 14.9. The summed E-state index contributed by atoms with van der Waals surface area (Å²) in [4.78, 5) is 25.9. The number of nitrogens with zero attached hydrogens (tertiary/aromatic N) is 1. The molecule has 3 rings (SSSR count). The van der Waals surface area contributed by atoms with Crippen molar-refractivity contribution in [2.45, 2.75) is 13.3 Å². The number of carboxylic acid groups (broad SMARTS) is 1. The van der Waals surface area contributed by atoms with Gasteiger partial charge >= 0.3 is 5.97 Å². The van der Waals surface area contributed by atoms with Crippen LogP contribution in [0.5, 0.6) is 5.75 Å². The molecule has 6 nitrogen and oxygen atoms in total. The third-order valence-corrected chi connectivity index (χ3v) is 4.05. The molecular formula is C17H16N2O4. The third-order valence-electron chi connectivity index (χ3n) is 4.05. The highest BCUT2D eigenvalue weighted by atomic mass is 16.4. The number of nitrogens with one attached hydrogen (secondary N) is 1. The molecule has 0 atom stereocenters. The first-order valence-electron chi connectivity index (χ1n) is 7.21. The summed E-state index contributed by atoms with van der Waals surface area (Å²) >= 11 is 0. The van der Waals surface area contributed by atoms with E-state index in [4.69, 9.17) is 5.11 Å². The Hall–Kier alpha value is -3.02. The third kappa shape index (κ3) is 2.19. The summed E-state index contributed by atoms with van der Waals surface area (Å²) in [5.74, 6) is -1.91. The van der Waals surface area contributed by atoms with Crippen LogP contribution in [-0.2, 0) is 13.5 Å². The van der Waals surface area contributed by atoms with Crippen LogP contribution in [-0.4, -0.2) is 25.7 Å². The molecule has 0 aliphatic rings. The van der Waals surface area contributed by atoms with Gasteiger partial charge in [-0.15, -0.1) is 0 Å². The molecule has 3 N–H and O–H groups in total. The van der Waals surface area contributed by atoms with Gasteiger partial charge in [0.2, 0.25) is 0 Å². The van der Waals surface area contributed by atoms with E-state index in [2.05, 4.69) is 4.98 Å². The van der Waals surface area contributed by atoms with Crippen LogP contribution in [0, 0.1) is 0 Å². The molecule has 0 saturated carbocycles. The van der Waals surface area contributed by atoms with E-state index in [1.807, 2.05) is 42.1 Å². The van der Waals surface area contributed by atoms with Crippen LogP contribution in [0.25, 0.3) is 22.2 Å². The van der Waals surface area contributed by atoms with E-state index >= 15 is 0 Å². The summed E-state index contributed by atoms with van der Waals surface area (Å²) in [5, 5.41) is 20.3. The second kappa shape index (κ2) is 5.31. The Kier molecular flexibility index (Phi) is 3.44. The van der Waals surface area contributed by atoms with Gasteiger partial charge in [-0.05, 0) is 18.6 Å². The molecule has 2 aromatic heterocycles. The van der Waals surface area contributed by atoms with Crippen LogP contribution in [0.4, 0.5) is 0 Å². The summed E-state index contributed by atoms with van der Waals surface area (Å²) in [5.41, 5.74) is 1.17. The maximum absolute atomic E-state index is 12.1. The van der Waals surface area contributed by atoms with Gasteiger partial charge in [0.1, 0.15) is 5.75 Å². The van der Waals surface area contributed by atoms with Gasteiger partial charge < -0.3 is 19.8 Å². The van der Waals surface area contributed by atoms with Crippen LogP contribution in [0.2, 0.25) is 0 Å². The Balaban J connectivity index is 2.40. The number of fused-ring (bicyclic) bond motifs is 1. The lowest BCUT2D eigenvalue weighted by atomic mass is 9.98. The lowest BCUT2D eigenvalue weighted by molar-refractivity contribution is 0.0691. The summed E-state index contributed by atoms with van der Waals surface area (Å²) in [6.07, 6.45) is 2.30. The summed E-state index contributed by atoms with van der Waals surface area (Å²) in [6, 6.07) is 7.57. The SMILES string of the molecule is CCc1c(-c2cccc3c2ccn3C)[nH]c(=O)c(C(=O)O)c1O. The Morgan fingerprint density at radius 1 is 1.30 bits per heavy atom. The molecule has 0 aliphatic heterocycles. The number of hydrogen-bond acceptors (Lipinski definition) is 3. The fraction of sp³-hybridized carbons (Fsp3) is 0.176. The fourth-order valence-corrected chi connectivity index (χ4v) is 2.92. The fourth-order valence-electron chi connectivity index (χ4n) is 2.92. The highest BCUT2D eigenvalue weighted by molar-refractivity contribution is 5.97. The molecule has 3 aromatic rings. The van der Waals surface area contributed by atoms with Crippen molar-refractivity contribution in [1.29, 1.82) is 0 Å². The number of hydrogen-bond donors (Lipinski definition) is 3. The molecule has 2 heterocycles. The molecule has 23 heavy (non-hydrogen) atoms. The van der Waals surface area contributed by atoms with Crippen molar-refractivity contribution in [3.8, 4) is 17.0 Å².